The molecule has 0 saturated carbocycles. The molecule has 1 rings (SSSR count). The van der Waals surface area contributed by atoms with Gasteiger partial charge in [-0.05, 0) is 13.8 Å². The number of rotatable bonds is 0. The van der Waals surface area contributed by atoms with E-state index < -0.39 is 0 Å². The van der Waals surface area contributed by atoms with Gasteiger partial charge in [0.15, 0.2) is 0 Å². The van der Waals surface area contributed by atoms with Gasteiger partial charge >= 0.3 is 0 Å². The smallest absolute Gasteiger partial charge is 0.0398 e. The van der Waals surface area contributed by atoms with Crippen molar-refractivity contribution in [2.75, 3.05) is 0 Å². The Balaban J connectivity index is 3.17. The minimum atomic E-state index is 0.626. The van der Waals surface area contributed by atoms with Crippen molar-refractivity contribution >= 4 is 5.69 Å². The monoisotopic (exact) mass is 120 g/mol. The molecule has 0 radical (unpaired) electrons. The lowest BCUT2D eigenvalue weighted by molar-refractivity contribution is 1.40. The highest BCUT2D eigenvalue weighted by molar-refractivity contribution is 5.51. The van der Waals surface area contributed by atoms with E-state index >= 15 is 0 Å². The van der Waals surface area contributed by atoms with E-state index in [0.29, 0.717) is 5.69 Å². The maximum absolute atomic E-state index is 7.32. The molecule has 1 heteroatoms. The summed E-state index contributed by atoms with van der Waals surface area (Å²) in [6, 6.07) is 5.79. The van der Waals surface area contributed by atoms with Gasteiger partial charge in [0.2, 0.25) is 0 Å². The fourth-order valence-corrected chi connectivity index (χ4v) is 0.814. The molecule has 0 aliphatic carbocycles. The highest BCUT2D eigenvalue weighted by Gasteiger charge is 1.84. The first kappa shape index (κ1) is 6.14. The standard InChI is InChI=1S/C8H10N/c1-6-3-4-8(9)7(2)5-6/h3-5,9H,1-2H3/q-1. The lowest BCUT2D eigenvalue weighted by Crippen LogP contribution is -1.73. The molecule has 0 heterocycles. The molecule has 1 N–H and O–H groups in total. The molecule has 0 unspecified atom stereocenters. The molecule has 0 aromatic heterocycles. The molecular weight excluding hydrogens is 110 g/mol. The highest BCUT2D eigenvalue weighted by Crippen LogP contribution is 2.16. The van der Waals surface area contributed by atoms with Crippen LogP contribution in [0.15, 0.2) is 18.2 Å². The van der Waals surface area contributed by atoms with E-state index in [-0.39, 0.29) is 0 Å². The summed E-state index contributed by atoms with van der Waals surface area (Å²) in [6.45, 7) is 3.99. The van der Waals surface area contributed by atoms with Crippen LogP contribution < -0.4 is 0 Å². The molecule has 48 valence electrons. The van der Waals surface area contributed by atoms with Crippen LogP contribution in [0.4, 0.5) is 5.69 Å². The van der Waals surface area contributed by atoms with Crippen molar-refractivity contribution in [3.8, 4) is 0 Å². The van der Waals surface area contributed by atoms with Crippen LogP contribution in [-0.2, 0) is 0 Å². The van der Waals surface area contributed by atoms with Gasteiger partial charge in [-0.25, -0.2) is 0 Å². The summed E-state index contributed by atoms with van der Waals surface area (Å²) in [5, 5.41) is 0. The maximum Gasteiger partial charge on any atom is -0.0398 e. The molecule has 0 spiro atoms. The predicted molar refractivity (Wildman–Crippen MR) is 39.9 cm³/mol. The number of aryl methyl sites for hydroxylation is 2. The van der Waals surface area contributed by atoms with Crippen LogP contribution in [-0.4, -0.2) is 0 Å². The molecular formula is C8H10N-. The van der Waals surface area contributed by atoms with E-state index in [1.165, 1.54) is 5.56 Å². The quantitative estimate of drug-likeness (QED) is 0.502. The molecule has 1 aromatic carbocycles. The van der Waals surface area contributed by atoms with E-state index in [4.69, 9.17) is 5.73 Å². The second-order valence-electron chi connectivity index (χ2n) is 2.32. The first-order chi connectivity index (χ1) is 4.20. The summed E-state index contributed by atoms with van der Waals surface area (Å²) in [4.78, 5) is 0. The van der Waals surface area contributed by atoms with Crippen LogP contribution in [0.5, 0.6) is 0 Å². The molecule has 0 saturated heterocycles. The zero-order valence-corrected chi connectivity index (χ0v) is 5.73. The summed E-state index contributed by atoms with van der Waals surface area (Å²) >= 11 is 0. The summed E-state index contributed by atoms with van der Waals surface area (Å²) in [6.07, 6.45) is 0. The lowest BCUT2D eigenvalue weighted by atomic mass is 10.1. The first-order valence-corrected chi connectivity index (χ1v) is 2.99. The Morgan fingerprint density at radius 3 is 2.33 bits per heavy atom. The van der Waals surface area contributed by atoms with Crippen molar-refractivity contribution in [1.82, 2.24) is 0 Å². The van der Waals surface area contributed by atoms with Gasteiger partial charge in [0.1, 0.15) is 0 Å². The second-order valence-corrected chi connectivity index (χ2v) is 2.32. The third-order valence-electron chi connectivity index (χ3n) is 1.38. The largest absolute Gasteiger partial charge is 0.699 e. The number of benzene rings is 1. The van der Waals surface area contributed by atoms with Crippen molar-refractivity contribution in [1.29, 1.82) is 0 Å². The zero-order chi connectivity index (χ0) is 6.85. The lowest BCUT2D eigenvalue weighted by Gasteiger charge is -2.06. The molecule has 0 aliphatic heterocycles. The molecule has 9 heavy (non-hydrogen) atoms. The Bertz CT molecular complexity index is 216. The fraction of sp³-hybridized carbons (Fsp3) is 0.250. The van der Waals surface area contributed by atoms with Crippen molar-refractivity contribution in [3.63, 3.8) is 0 Å². The highest BCUT2D eigenvalue weighted by atomic mass is 14.5. The van der Waals surface area contributed by atoms with Crippen LogP contribution in [0.25, 0.3) is 5.73 Å². The number of nitrogens with one attached hydrogen (secondary N) is 1. The van der Waals surface area contributed by atoms with Gasteiger partial charge in [-0.1, -0.05) is 29.3 Å². The van der Waals surface area contributed by atoms with Crippen LogP contribution >= 0.6 is 0 Å². The van der Waals surface area contributed by atoms with E-state index in [1.807, 2.05) is 32.0 Å². The molecule has 0 bridgehead atoms. The van der Waals surface area contributed by atoms with Crippen LogP contribution in [0.1, 0.15) is 11.1 Å². The summed E-state index contributed by atoms with van der Waals surface area (Å²) in [5.41, 5.74) is 10.2. The third kappa shape index (κ3) is 1.22. The molecule has 0 aliphatic rings. The van der Waals surface area contributed by atoms with E-state index in [2.05, 4.69) is 0 Å². The van der Waals surface area contributed by atoms with E-state index in [9.17, 15) is 0 Å². The topological polar surface area (TPSA) is 23.8 Å². The van der Waals surface area contributed by atoms with Gasteiger partial charge < -0.3 is 5.73 Å². The molecule has 0 amide bonds. The zero-order valence-electron chi connectivity index (χ0n) is 5.73. The Morgan fingerprint density at radius 2 is 1.89 bits per heavy atom. The van der Waals surface area contributed by atoms with Gasteiger partial charge in [0, 0.05) is 0 Å². The van der Waals surface area contributed by atoms with E-state index in [1.54, 1.807) is 0 Å². The second kappa shape index (κ2) is 2.09. The Morgan fingerprint density at radius 1 is 1.22 bits per heavy atom. The molecule has 1 nitrogen and oxygen atoms in total. The minimum Gasteiger partial charge on any atom is -0.699 e. The summed E-state index contributed by atoms with van der Waals surface area (Å²) < 4.78 is 0. The van der Waals surface area contributed by atoms with Crippen molar-refractivity contribution < 1.29 is 0 Å². The fourth-order valence-electron chi connectivity index (χ4n) is 0.814. The predicted octanol–water partition coefficient (Wildman–Crippen LogP) is 2.99. The Kier molecular flexibility index (Phi) is 1.43. The van der Waals surface area contributed by atoms with Gasteiger partial charge in [0.05, 0.1) is 0 Å². The van der Waals surface area contributed by atoms with Crippen LogP contribution in [0, 0.1) is 13.8 Å². The molecule has 0 atom stereocenters. The summed E-state index contributed by atoms with van der Waals surface area (Å²) in [7, 11) is 0. The maximum atomic E-state index is 7.32. The van der Waals surface area contributed by atoms with Gasteiger partial charge in [-0.2, -0.15) is 0 Å². The van der Waals surface area contributed by atoms with Crippen molar-refractivity contribution in [2.45, 2.75) is 13.8 Å². The summed E-state index contributed by atoms with van der Waals surface area (Å²) in [5.74, 6) is 0. The van der Waals surface area contributed by atoms with Crippen molar-refractivity contribution in [2.24, 2.45) is 0 Å². The van der Waals surface area contributed by atoms with Gasteiger partial charge in [0.25, 0.3) is 0 Å². The normalized spacial score (nSPS) is 9.56. The average Bonchev–Trinajstić information content (AvgIpc) is 1.80. The molecule has 0 fully saturated rings. The number of hydrogen-bond acceptors (Lipinski definition) is 0. The van der Waals surface area contributed by atoms with Crippen LogP contribution in [0.2, 0.25) is 0 Å². The van der Waals surface area contributed by atoms with Crippen molar-refractivity contribution in [3.05, 3.63) is 35.1 Å². The minimum absolute atomic E-state index is 0.626. The van der Waals surface area contributed by atoms with Gasteiger partial charge in [-0.3, -0.25) is 0 Å². The molecule has 1 aromatic rings. The first-order valence-electron chi connectivity index (χ1n) is 2.99. The van der Waals surface area contributed by atoms with Gasteiger partial charge in [-0.15, -0.1) is 5.69 Å². The van der Waals surface area contributed by atoms with E-state index in [0.717, 1.165) is 5.56 Å². The number of hydrogen-bond donors (Lipinski definition) is 0. The van der Waals surface area contributed by atoms with Crippen LogP contribution in [0.3, 0.4) is 0 Å². The average molecular weight is 120 g/mol. The Labute approximate surface area is 55.5 Å². The third-order valence-corrected chi connectivity index (χ3v) is 1.38. The Hall–Kier alpha value is -0.980. The SMILES string of the molecule is Cc1ccc([NH-])c(C)c1.